The van der Waals surface area contributed by atoms with Gasteiger partial charge in [-0.2, -0.15) is 0 Å². The molecule has 0 spiro atoms. The molecule has 0 bridgehead atoms. The van der Waals surface area contributed by atoms with Crippen LogP contribution >= 0.6 is 0 Å². The summed E-state index contributed by atoms with van der Waals surface area (Å²) in [6, 6.07) is 0. The summed E-state index contributed by atoms with van der Waals surface area (Å²) >= 11 is 0. The van der Waals surface area contributed by atoms with Crippen LogP contribution in [0.5, 0.6) is 0 Å². The Morgan fingerprint density at radius 1 is 1.23 bits per heavy atom. The first-order valence-corrected chi connectivity index (χ1v) is 5.36. The van der Waals surface area contributed by atoms with Gasteiger partial charge in [-0.15, -0.1) is 0 Å². The molecule has 1 atom stereocenters. The van der Waals surface area contributed by atoms with Gasteiger partial charge in [0.05, 0.1) is 0 Å². The molecule has 0 aromatic carbocycles. The van der Waals surface area contributed by atoms with E-state index in [9.17, 15) is 0 Å². The van der Waals surface area contributed by atoms with Gasteiger partial charge in [-0.3, -0.25) is 0 Å². The summed E-state index contributed by atoms with van der Waals surface area (Å²) in [6.07, 6.45) is 13.2. The van der Waals surface area contributed by atoms with Gasteiger partial charge in [0.2, 0.25) is 0 Å². The van der Waals surface area contributed by atoms with Crippen molar-refractivity contribution >= 4 is 0 Å². The SMILES string of the molecule is CC(C)C1=C2C=CCCC2CC=C1. The molecule has 70 valence electrons. The van der Waals surface area contributed by atoms with Crippen LogP contribution in [0.15, 0.2) is 35.5 Å². The van der Waals surface area contributed by atoms with Gasteiger partial charge < -0.3 is 0 Å². The highest BCUT2D eigenvalue weighted by Crippen LogP contribution is 2.35. The monoisotopic (exact) mass is 174 g/mol. The zero-order valence-corrected chi connectivity index (χ0v) is 8.59. The average molecular weight is 174 g/mol. The number of hydrogen-bond donors (Lipinski definition) is 0. The van der Waals surface area contributed by atoms with E-state index in [1.165, 1.54) is 19.3 Å². The Kier molecular flexibility index (Phi) is 2.39. The van der Waals surface area contributed by atoms with Crippen molar-refractivity contribution in [1.29, 1.82) is 0 Å². The van der Waals surface area contributed by atoms with Crippen molar-refractivity contribution in [2.45, 2.75) is 33.1 Å². The maximum Gasteiger partial charge on any atom is -0.0122 e. The predicted octanol–water partition coefficient (Wildman–Crippen LogP) is 3.87. The van der Waals surface area contributed by atoms with E-state index in [-0.39, 0.29) is 0 Å². The third-order valence-electron chi connectivity index (χ3n) is 3.09. The molecule has 0 nitrogen and oxygen atoms in total. The molecule has 0 saturated heterocycles. The Morgan fingerprint density at radius 3 is 2.85 bits per heavy atom. The molecule has 0 aromatic rings. The van der Waals surface area contributed by atoms with Crippen molar-refractivity contribution in [3.05, 3.63) is 35.5 Å². The summed E-state index contributed by atoms with van der Waals surface area (Å²) in [4.78, 5) is 0. The van der Waals surface area contributed by atoms with Crippen molar-refractivity contribution in [3.63, 3.8) is 0 Å². The fourth-order valence-electron chi connectivity index (χ4n) is 2.36. The molecule has 0 aliphatic heterocycles. The third kappa shape index (κ3) is 1.63. The van der Waals surface area contributed by atoms with E-state index in [2.05, 4.69) is 38.2 Å². The number of rotatable bonds is 1. The van der Waals surface area contributed by atoms with E-state index >= 15 is 0 Å². The lowest BCUT2D eigenvalue weighted by Gasteiger charge is -2.27. The molecule has 0 N–H and O–H groups in total. The van der Waals surface area contributed by atoms with Gasteiger partial charge in [-0.25, -0.2) is 0 Å². The van der Waals surface area contributed by atoms with Crippen LogP contribution in [-0.4, -0.2) is 0 Å². The first-order valence-electron chi connectivity index (χ1n) is 5.36. The lowest BCUT2D eigenvalue weighted by molar-refractivity contribution is 0.549. The zero-order valence-electron chi connectivity index (χ0n) is 8.59. The second-order valence-corrected chi connectivity index (χ2v) is 4.38. The molecule has 0 fully saturated rings. The van der Waals surface area contributed by atoms with Gasteiger partial charge in [0.15, 0.2) is 0 Å². The average Bonchev–Trinajstić information content (AvgIpc) is 2.17. The van der Waals surface area contributed by atoms with Gasteiger partial charge in [0.1, 0.15) is 0 Å². The molecular formula is C13H18. The molecule has 1 unspecified atom stereocenters. The first kappa shape index (κ1) is 8.80. The van der Waals surface area contributed by atoms with Gasteiger partial charge in [0.25, 0.3) is 0 Å². The highest BCUT2D eigenvalue weighted by molar-refractivity contribution is 5.40. The molecule has 0 aromatic heterocycles. The van der Waals surface area contributed by atoms with E-state index in [1.54, 1.807) is 11.1 Å². The molecule has 2 rings (SSSR count). The molecule has 0 heteroatoms. The highest BCUT2D eigenvalue weighted by atomic mass is 14.3. The molecule has 0 amide bonds. The lowest BCUT2D eigenvalue weighted by Crippen LogP contribution is -2.12. The van der Waals surface area contributed by atoms with Crippen LogP contribution in [0.3, 0.4) is 0 Å². The van der Waals surface area contributed by atoms with Crippen LogP contribution in [0.4, 0.5) is 0 Å². The van der Waals surface area contributed by atoms with Crippen molar-refractivity contribution in [2.24, 2.45) is 11.8 Å². The van der Waals surface area contributed by atoms with Crippen molar-refractivity contribution in [3.8, 4) is 0 Å². The first-order chi connectivity index (χ1) is 6.29. The van der Waals surface area contributed by atoms with E-state index in [0.29, 0.717) is 5.92 Å². The molecular weight excluding hydrogens is 156 g/mol. The fourth-order valence-corrected chi connectivity index (χ4v) is 2.36. The Balaban J connectivity index is 2.38. The Hall–Kier alpha value is -0.780. The maximum absolute atomic E-state index is 2.35. The minimum absolute atomic E-state index is 0.678. The topological polar surface area (TPSA) is 0 Å². The number of fused-ring (bicyclic) bond motifs is 1. The minimum Gasteiger partial charge on any atom is -0.0842 e. The van der Waals surface area contributed by atoms with E-state index in [4.69, 9.17) is 0 Å². The second kappa shape index (κ2) is 3.53. The highest BCUT2D eigenvalue weighted by Gasteiger charge is 2.20. The fraction of sp³-hybridized carbons (Fsp3) is 0.538. The van der Waals surface area contributed by atoms with E-state index in [1.807, 2.05) is 0 Å². The largest absolute Gasteiger partial charge is 0.0842 e. The zero-order chi connectivity index (χ0) is 9.26. The van der Waals surface area contributed by atoms with Crippen molar-refractivity contribution < 1.29 is 0 Å². The van der Waals surface area contributed by atoms with Gasteiger partial charge >= 0.3 is 0 Å². The molecule has 13 heavy (non-hydrogen) atoms. The summed E-state index contributed by atoms with van der Waals surface area (Å²) in [6.45, 7) is 4.58. The summed E-state index contributed by atoms with van der Waals surface area (Å²) in [5.74, 6) is 1.50. The van der Waals surface area contributed by atoms with Crippen molar-refractivity contribution in [2.75, 3.05) is 0 Å². The molecule has 2 aliphatic carbocycles. The lowest BCUT2D eigenvalue weighted by atomic mass is 9.78. The van der Waals surface area contributed by atoms with Gasteiger partial charge in [-0.05, 0) is 42.2 Å². The maximum atomic E-state index is 2.35. The smallest absolute Gasteiger partial charge is 0.0122 e. The van der Waals surface area contributed by atoms with E-state index < -0.39 is 0 Å². The summed E-state index contributed by atoms with van der Waals surface area (Å²) in [5.41, 5.74) is 3.18. The Morgan fingerprint density at radius 2 is 2.08 bits per heavy atom. The van der Waals surface area contributed by atoms with Crippen LogP contribution in [0.1, 0.15) is 33.1 Å². The Bertz CT molecular complexity index is 276. The van der Waals surface area contributed by atoms with Crippen molar-refractivity contribution in [1.82, 2.24) is 0 Å². The molecule has 0 heterocycles. The van der Waals surface area contributed by atoms with Crippen LogP contribution in [-0.2, 0) is 0 Å². The molecule has 0 radical (unpaired) electrons. The number of allylic oxidation sites excluding steroid dienone is 6. The third-order valence-corrected chi connectivity index (χ3v) is 3.09. The predicted molar refractivity (Wildman–Crippen MR) is 57.5 cm³/mol. The summed E-state index contributed by atoms with van der Waals surface area (Å²) < 4.78 is 0. The quantitative estimate of drug-likeness (QED) is 0.566. The van der Waals surface area contributed by atoms with Crippen LogP contribution < -0.4 is 0 Å². The normalized spacial score (nSPS) is 26.8. The summed E-state index contributed by atoms with van der Waals surface area (Å²) in [7, 11) is 0. The summed E-state index contributed by atoms with van der Waals surface area (Å²) in [5, 5.41) is 0. The van der Waals surface area contributed by atoms with Crippen LogP contribution in [0.25, 0.3) is 0 Å². The van der Waals surface area contributed by atoms with Crippen LogP contribution in [0, 0.1) is 11.8 Å². The van der Waals surface area contributed by atoms with E-state index in [0.717, 1.165) is 5.92 Å². The van der Waals surface area contributed by atoms with Gasteiger partial charge in [0, 0.05) is 0 Å². The number of hydrogen-bond acceptors (Lipinski definition) is 0. The molecule has 0 saturated carbocycles. The van der Waals surface area contributed by atoms with Gasteiger partial charge in [-0.1, -0.05) is 38.2 Å². The second-order valence-electron chi connectivity index (χ2n) is 4.38. The molecule has 2 aliphatic rings. The standard InChI is InChI=1S/C13H18/c1-10(2)12-9-5-7-11-6-3-4-8-13(11)12/h4-5,8-11H,3,6-7H2,1-2H3. The minimum atomic E-state index is 0.678. The van der Waals surface area contributed by atoms with Crippen LogP contribution in [0.2, 0.25) is 0 Å². The Labute approximate surface area is 81.0 Å².